The topological polar surface area (TPSA) is 55.1 Å². The van der Waals surface area contributed by atoms with Crippen molar-refractivity contribution in [1.82, 2.24) is 4.98 Å². The van der Waals surface area contributed by atoms with E-state index in [1.807, 2.05) is 30.5 Å². The Bertz CT molecular complexity index is 716. The molecule has 0 fully saturated rings. The molecule has 4 nitrogen and oxygen atoms in total. The Balaban J connectivity index is 1.81. The fraction of sp³-hybridized carbons (Fsp3) is 0.143. The maximum absolute atomic E-state index is 11.9. The minimum atomic E-state index is -0.0841. The van der Waals surface area contributed by atoms with E-state index >= 15 is 0 Å². The van der Waals surface area contributed by atoms with Crippen LogP contribution in [-0.4, -0.2) is 10.9 Å². The van der Waals surface area contributed by atoms with E-state index in [0.717, 1.165) is 22.1 Å². The monoisotopic (exact) mass is 272 g/mol. The number of anilines is 1. The molecule has 0 spiro atoms. The average molecular weight is 272 g/mol. The Morgan fingerprint density at radius 3 is 3.16 bits per heavy atom. The fourth-order valence-electron chi connectivity index (χ4n) is 1.95. The van der Waals surface area contributed by atoms with Crippen LogP contribution >= 0.6 is 11.3 Å². The van der Waals surface area contributed by atoms with E-state index in [0.29, 0.717) is 5.13 Å². The molecule has 2 heterocycles. The number of amides is 1. The number of rotatable bonds is 3. The normalized spacial score (nSPS) is 10.8. The van der Waals surface area contributed by atoms with Gasteiger partial charge in [-0.15, -0.1) is 11.3 Å². The highest BCUT2D eigenvalue weighted by Gasteiger charge is 2.11. The summed E-state index contributed by atoms with van der Waals surface area (Å²) in [4.78, 5) is 15.9. The summed E-state index contributed by atoms with van der Waals surface area (Å²) < 4.78 is 5.45. The van der Waals surface area contributed by atoms with Gasteiger partial charge in [0.1, 0.15) is 5.58 Å². The summed E-state index contributed by atoms with van der Waals surface area (Å²) in [5.74, 6) is -0.0841. The lowest BCUT2D eigenvalue weighted by Crippen LogP contribution is -2.13. The molecule has 96 valence electrons. The van der Waals surface area contributed by atoms with Gasteiger partial charge in [-0.3, -0.25) is 4.79 Å². The maximum atomic E-state index is 11.9. The Labute approximate surface area is 114 Å². The number of aryl methyl sites for hydroxylation is 1. The van der Waals surface area contributed by atoms with Crippen LogP contribution in [0.25, 0.3) is 11.0 Å². The molecule has 0 saturated heterocycles. The van der Waals surface area contributed by atoms with Gasteiger partial charge in [0.05, 0.1) is 12.7 Å². The zero-order valence-corrected chi connectivity index (χ0v) is 11.2. The molecule has 2 aromatic heterocycles. The smallest absolute Gasteiger partial charge is 0.230 e. The molecular formula is C14H12N2O2S. The number of benzene rings is 1. The molecule has 0 aliphatic rings. The highest BCUT2D eigenvalue weighted by molar-refractivity contribution is 7.13. The van der Waals surface area contributed by atoms with Crippen molar-refractivity contribution in [1.29, 1.82) is 0 Å². The predicted octanol–water partition coefficient (Wildman–Crippen LogP) is 3.38. The molecule has 3 aromatic rings. The molecule has 3 rings (SSSR count). The Kier molecular flexibility index (Phi) is 3.05. The molecule has 1 amide bonds. The summed E-state index contributed by atoms with van der Waals surface area (Å²) in [5.41, 5.74) is 2.85. The summed E-state index contributed by atoms with van der Waals surface area (Å²) in [7, 11) is 0. The SMILES string of the molecule is Cc1ccc2occ(CC(=O)Nc3nccs3)c2c1. The number of hydrogen-bond donors (Lipinski definition) is 1. The van der Waals surface area contributed by atoms with Crippen LogP contribution in [0.15, 0.2) is 40.5 Å². The highest BCUT2D eigenvalue weighted by Crippen LogP contribution is 2.23. The quantitative estimate of drug-likeness (QED) is 0.795. The fourth-order valence-corrected chi connectivity index (χ4v) is 2.50. The summed E-state index contributed by atoms with van der Waals surface area (Å²) in [5, 5.41) is 6.21. The number of nitrogens with one attached hydrogen (secondary N) is 1. The highest BCUT2D eigenvalue weighted by atomic mass is 32.1. The van der Waals surface area contributed by atoms with Crippen molar-refractivity contribution in [3.63, 3.8) is 0 Å². The number of carbonyl (C=O) groups is 1. The summed E-state index contributed by atoms with van der Waals surface area (Å²) in [6, 6.07) is 5.95. The molecule has 1 aromatic carbocycles. The third-order valence-corrected chi connectivity index (χ3v) is 3.53. The van der Waals surface area contributed by atoms with Crippen molar-refractivity contribution >= 4 is 33.3 Å². The number of carbonyl (C=O) groups excluding carboxylic acids is 1. The molecule has 5 heteroatoms. The van der Waals surface area contributed by atoms with Crippen LogP contribution in [0.4, 0.5) is 5.13 Å². The summed E-state index contributed by atoms with van der Waals surface area (Å²) in [6.45, 7) is 2.02. The lowest BCUT2D eigenvalue weighted by Gasteiger charge is -2.00. The van der Waals surface area contributed by atoms with Gasteiger partial charge in [0.15, 0.2) is 5.13 Å². The van der Waals surface area contributed by atoms with Crippen LogP contribution < -0.4 is 5.32 Å². The van der Waals surface area contributed by atoms with Crippen LogP contribution in [-0.2, 0) is 11.2 Å². The lowest BCUT2D eigenvalue weighted by atomic mass is 10.1. The minimum absolute atomic E-state index is 0.0841. The van der Waals surface area contributed by atoms with Crippen LogP contribution in [0.1, 0.15) is 11.1 Å². The van der Waals surface area contributed by atoms with Crippen molar-refractivity contribution in [2.24, 2.45) is 0 Å². The van der Waals surface area contributed by atoms with Crippen molar-refractivity contribution in [3.05, 3.63) is 47.2 Å². The average Bonchev–Trinajstić information content (AvgIpc) is 3.00. The van der Waals surface area contributed by atoms with E-state index in [4.69, 9.17) is 4.42 Å². The molecular weight excluding hydrogens is 260 g/mol. The largest absolute Gasteiger partial charge is 0.464 e. The Morgan fingerprint density at radius 1 is 1.47 bits per heavy atom. The summed E-state index contributed by atoms with van der Waals surface area (Å²) in [6.07, 6.45) is 3.60. The molecule has 0 bridgehead atoms. The maximum Gasteiger partial charge on any atom is 0.230 e. The first-order chi connectivity index (χ1) is 9.22. The number of nitrogens with zero attached hydrogens (tertiary/aromatic N) is 1. The van der Waals surface area contributed by atoms with E-state index in [-0.39, 0.29) is 12.3 Å². The molecule has 0 aliphatic heterocycles. The Hall–Kier alpha value is -2.14. The molecule has 0 saturated carbocycles. The van der Waals surface area contributed by atoms with Crippen molar-refractivity contribution in [2.75, 3.05) is 5.32 Å². The third-order valence-electron chi connectivity index (χ3n) is 2.84. The number of fused-ring (bicyclic) bond motifs is 1. The molecule has 0 unspecified atom stereocenters. The first-order valence-corrected chi connectivity index (χ1v) is 6.76. The van der Waals surface area contributed by atoms with Crippen molar-refractivity contribution in [3.8, 4) is 0 Å². The van der Waals surface area contributed by atoms with Crippen molar-refractivity contribution in [2.45, 2.75) is 13.3 Å². The van der Waals surface area contributed by atoms with Gasteiger partial charge in [0.25, 0.3) is 0 Å². The van der Waals surface area contributed by atoms with Gasteiger partial charge >= 0.3 is 0 Å². The van der Waals surface area contributed by atoms with Gasteiger partial charge in [0.2, 0.25) is 5.91 Å². The molecule has 0 radical (unpaired) electrons. The minimum Gasteiger partial charge on any atom is -0.464 e. The van der Waals surface area contributed by atoms with E-state index in [2.05, 4.69) is 10.3 Å². The van der Waals surface area contributed by atoms with Crippen LogP contribution in [0, 0.1) is 6.92 Å². The van der Waals surface area contributed by atoms with Crippen LogP contribution in [0.2, 0.25) is 0 Å². The number of furan rings is 1. The summed E-state index contributed by atoms with van der Waals surface area (Å²) >= 11 is 1.40. The first kappa shape index (κ1) is 11.9. The van der Waals surface area contributed by atoms with Gasteiger partial charge in [-0.25, -0.2) is 4.98 Å². The van der Waals surface area contributed by atoms with Crippen molar-refractivity contribution < 1.29 is 9.21 Å². The van der Waals surface area contributed by atoms with Crippen LogP contribution in [0.3, 0.4) is 0 Å². The second-order valence-electron chi connectivity index (χ2n) is 4.32. The third kappa shape index (κ3) is 2.51. The molecule has 0 atom stereocenters. The predicted molar refractivity (Wildman–Crippen MR) is 75.4 cm³/mol. The van der Waals surface area contributed by atoms with E-state index in [9.17, 15) is 4.79 Å². The zero-order valence-electron chi connectivity index (χ0n) is 10.3. The first-order valence-electron chi connectivity index (χ1n) is 5.88. The molecule has 19 heavy (non-hydrogen) atoms. The molecule has 0 aliphatic carbocycles. The van der Waals surface area contributed by atoms with Crippen LogP contribution in [0.5, 0.6) is 0 Å². The van der Waals surface area contributed by atoms with E-state index in [1.54, 1.807) is 12.5 Å². The second kappa shape index (κ2) is 4.85. The number of thiazole rings is 1. The molecule has 1 N–H and O–H groups in total. The van der Waals surface area contributed by atoms with Gasteiger partial charge in [-0.1, -0.05) is 11.6 Å². The lowest BCUT2D eigenvalue weighted by molar-refractivity contribution is -0.115. The standard InChI is InChI=1S/C14H12N2O2S/c1-9-2-3-12-11(6-9)10(8-18-12)7-13(17)16-14-15-4-5-19-14/h2-6,8H,7H2,1H3,(H,15,16,17). The zero-order chi connectivity index (χ0) is 13.2. The Morgan fingerprint density at radius 2 is 2.37 bits per heavy atom. The van der Waals surface area contributed by atoms with Gasteiger partial charge in [0, 0.05) is 22.5 Å². The number of hydrogen-bond acceptors (Lipinski definition) is 4. The van der Waals surface area contributed by atoms with E-state index in [1.165, 1.54) is 11.3 Å². The van der Waals surface area contributed by atoms with Gasteiger partial charge < -0.3 is 9.73 Å². The number of aromatic nitrogens is 1. The van der Waals surface area contributed by atoms with Gasteiger partial charge in [-0.2, -0.15) is 0 Å². The second-order valence-corrected chi connectivity index (χ2v) is 5.22. The van der Waals surface area contributed by atoms with E-state index < -0.39 is 0 Å². The van der Waals surface area contributed by atoms with Gasteiger partial charge in [-0.05, 0) is 19.1 Å².